The van der Waals surface area contributed by atoms with Crippen LogP contribution in [0.25, 0.3) is 10.9 Å². The molecular weight excluding hydrogens is 252 g/mol. The zero-order valence-corrected chi connectivity index (χ0v) is 11.4. The first-order valence-corrected chi connectivity index (χ1v) is 6.49. The highest BCUT2D eigenvalue weighted by Crippen LogP contribution is 2.19. The molecule has 0 aliphatic carbocycles. The van der Waals surface area contributed by atoms with Crippen LogP contribution >= 0.6 is 0 Å². The summed E-state index contributed by atoms with van der Waals surface area (Å²) in [6.45, 7) is 4.60. The van der Waals surface area contributed by atoms with Gasteiger partial charge in [-0.15, -0.1) is 0 Å². The SMILES string of the molecule is CC(C)c1noc(Cn2ccc3cc(C#N)ccc32)n1. The first-order valence-electron chi connectivity index (χ1n) is 6.49. The van der Waals surface area contributed by atoms with Gasteiger partial charge >= 0.3 is 0 Å². The molecule has 0 saturated carbocycles. The second-order valence-corrected chi connectivity index (χ2v) is 5.03. The van der Waals surface area contributed by atoms with Crippen molar-refractivity contribution in [3.8, 4) is 6.07 Å². The van der Waals surface area contributed by atoms with E-state index in [2.05, 4.69) is 16.2 Å². The molecular formula is C15H14N4O. The van der Waals surface area contributed by atoms with E-state index in [1.165, 1.54) is 0 Å². The van der Waals surface area contributed by atoms with Crippen molar-refractivity contribution >= 4 is 10.9 Å². The molecule has 0 bridgehead atoms. The predicted molar refractivity (Wildman–Crippen MR) is 74.1 cm³/mol. The molecule has 2 aromatic heterocycles. The summed E-state index contributed by atoms with van der Waals surface area (Å²) in [6.07, 6.45) is 1.96. The number of hydrogen-bond acceptors (Lipinski definition) is 4. The van der Waals surface area contributed by atoms with E-state index in [0.717, 1.165) is 16.7 Å². The third-order valence-corrected chi connectivity index (χ3v) is 3.21. The number of fused-ring (bicyclic) bond motifs is 1. The molecule has 2 heterocycles. The molecule has 0 fully saturated rings. The van der Waals surface area contributed by atoms with Gasteiger partial charge in [-0.05, 0) is 24.3 Å². The summed E-state index contributed by atoms with van der Waals surface area (Å²) >= 11 is 0. The summed E-state index contributed by atoms with van der Waals surface area (Å²) in [5, 5.41) is 13.9. The fourth-order valence-corrected chi connectivity index (χ4v) is 2.12. The van der Waals surface area contributed by atoms with Crippen molar-refractivity contribution in [1.29, 1.82) is 5.26 Å². The number of nitriles is 1. The Bertz CT molecular complexity index is 792. The summed E-state index contributed by atoms with van der Waals surface area (Å²) < 4.78 is 7.29. The Labute approximate surface area is 116 Å². The van der Waals surface area contributed by atoms with Crippen LogP contribution in [0.2, 0.25) is 0 Å². The number of aromatic nitrogens is 3. The normalized spacial score (nSPS) is 11.1. The summed E-state index contributed by atoms with van der Waals surface area (Å²) in [6, 6.07) is 9.75. The molecule has 0 N–H and O–H groups in total. The maximum atomic E-state index is 8.90. The zero-order valence-electron chi connectivity index (χ0n) is 11.4. The maximum absolute atomic E-state index is 8.90. The van der Waals surface area contributed by atoms with E-state index < -0.39 is 0 Å². The number of nitrogens with zero attached hydrogens (tertiary/aromatic N) is 4. The van der Waals surface area contributed by atoms with Gasteiger partial charge in [0.1, 0.15) is 6.54 Å². The average Bonchev–Trinajstić information content (AvgIpc) is 3.06. The van der Waals surface area contributed by atoms with Gasteiger partial charge in [-0.3, -0.25) is 0 Å². The quantitative estimate of drug-likeness (QED) is 0.730. The molecule has 0 unspecified atom stereocenters. The molecule has 0 saturated heterocycles. The Morgan fingerprint density at radius 3 is 2.90 bits per heavy atom. The smallest absolute Gasteiger partial charge is 0.246 e. The zero-order chi connectivity index (χ0) is 14.1. The monoisotopic (exact) mass is 266 g/mol. The Kier molecular flexibility index (Phi) is 2.99. The molecule has 0 atom stereocenters. The van der Waals surface area contributed by atoms with E-state index in [-0.39, 0.29) is 5.92 Å². The second kappa shape index (κ2) is 4.82. The van der Waals surface area contributed by atoms with Crippen LogP contribution in [0.1, 0.15) is 37.0 Å². The molecule has 3 rings (SSSR count). The molecule has 0 aliphatic rings. The van der Waals surface area contributed by atoms with E-state index in [1.54, 1.807) is 0 Å². The van der Waals surface area contributed by atoms with Crippen LogP contribution in [0.15, 0.2) is 35.0 Å². The fraction of sp³-hybridized carbons (Fsp3) is 0.267. The van der Waals surface area contributed by atoms with Crippen LogP contribution in [0, 0.1) is 11.3 Å². The number of benzene rings is 1. The van der Waals surface area contributed by atoms with Crippen LogP contribution in [-0.2, 0) is 6.54 Å². The lowest BCUT2D eigenvalue weighted by molar-refractivity contribution is 0.366. The van der Waals surface area contributed by atoms with Crippen LogP contribution < -0.4 is 0 Å². The largest absolute Gasteiger partial charge is 0.338 e. The topological polar surface area (TPSA) is 67.6 Å². The van der Waals surface area contributed by atoms with Crippen molar-refractivity contribution in [1.82, 2.24) is 14.7 Å². The minimum absolute atomic E-state index is 0.257. The third kappa shape index (κ3) is 2.16. The molecule has 0 amide bonds. The first-order chi connectivity index (χ1) is 9.67. The lowest BCUT2D eigenvalue weighted by Gasteiger charge is -2.01. The van der Waals surface area contributed by atoms with Gasteiger partial charge in [0.25, 0.3) is 0 Å². The van der Waals surface area contributed by atoms with Crippen molar-refractivity contribution in [2.75, 3.05) is 0 Å². The van der Waals surface area contributed by atoms with Crippen molar-refractivity contribution < 1.29 is 4.52 Å². The lowest BCUT2D eigenvalue weighted by Crippen LogP contribution is -1.99. The van der Waals surface area contributed by atoms with E-state index in [0.29, 0.717) is 18.0 Å². The highest BCUT2D eigenvalue weighted by molar-refractivity contribution is 5.81. The Balaban J connectivity index is 1.92. The summed E-state index contributed by atoms with van der Waals surface area (Å²) in [7, 11) is 0. The minimum Gasteiger partial charge on any atom is -0.338 e. The van der Waals surface area contributed by atoms with Gasteiger partial charge in [0.15, 0.2) is 5.82 Å². The van der Waals surface area contributed by atoms with Gasteiger partial charge in [-0.25, -0.2) is 0 Å². The molecule has 0 radical (unpaired) electrons. The van der Waals surface area contributed by atoms with Gasteiger partial charge in [-0.2, -0.15) is 10.2 Å². The van der Waals surface area contributed by atoms with Crippen molar-refractivity contribution in [3.63, 3.8) is 0 Å². The summed E-state index contributed by atoms with van der Waals surface area (Å²) in [4.78, 5) is 4.37. The summed E-state index contributed by atoms with van der Waals surface area (Å²) in [5.41, 5.74) is 1.71. The first kappa shape index (κ1) is 12.4. The molecule has 20 heavy (non-hydrogen) atoms. The predicted octanol–water partition coefficient (Wildman–Crippen LogP) is 3.07. The minimum atomic E-state index is 0.257. The third-order valence-electron chi connectivity index (χ3n) is 3.21. The van der Waals surface area contributed by atoms with Crippen molar-refractivity contribution in [2.24, 2.45) is 0 Å². The van der Waals surface area contributed by atoms with Gasteiger partial charge in [-0.1, -0.05) is 19.0 Å². The maximum Gasteiger partial charge on any atom is 0.246 e. The van der Waals surface area contributed by atoms with Crippen molar-refractivity contribution in [2.45, 2.75) is 26.3 Å². The van der Waals surface area contributed by atoms with Gasteiger partial charge in [0.05, 0.1) is 11.6 Å². The van der Waals surface area contributed by atoms with Crippen LogP contribution in [0.5, 0.6) is 0 Å². The Morgan fingerprint density at radius 2 is 2.20 bits per heavy atom. The van der Waals surface area contributed by atoms with Crippen molar-refractivity contribution in [3.05, 3.63) is 47.7 Å². The second-order valence-electron chi connectivity index (χ2n) is 5.03. The molecule has 100 valence electrons. The summed E-state index contributed by atoms with van der Waals surface area (Å²) in [5.74, 6) is 1.57. The van der Waals surface area contributed by atoms with E-state index in [4.69, 9.17) is 9.78 Å². The molecule has 5 nitrogen and oxygen atoms in total. The van der Waals surface area contributed by atoms with Crippen LogP contribution in [0.3, 0.4) is 0 Å². The highest BCUT2D eigenvalue weighted by Gasteiger charge is 2.11. The molecule has 1 aromatic carbocycles. The standard InChI is InChI=1S/C15H14N4O/c1-10(2)15-17-14(20-18-15)9-19-6-5-12-7-11(8-16)3-4-13(12)19/h3-7,10H,9H2,1-2H3. The van der Waals surface area contributed by atoms with Crippen LogP contribution in [-0.4, -0.2) is 14.7 Å². The number of hydrogen-bond donors (Lipinski definition) is 0. The highest BCUT2D eigenvalue weighted by atomic mass is 16.5. The van der Waals surface area contributed by atoms with Crippen LogP contribution in [0.4, 0.5) is 0 Å². The number of rotatable bonds is 3. The van der Waals surface area contributed by atoms with E-state index in [1.807, 2.05) is 48.9 Å². The Morgan fingerprint density at radius 1 is 1.35 bits per heavy atom. The lowest BCUT2D eigenvalue weighted by atomic mass is 10.2. The van der Waals surface area contributed by atoms with E-state index in [9.17, 15) is 0 Å². The molecule has 0 aliphatic heterocycles. The van der Waals surface area contributed by atoms with Gasteiger partial charge in [0.2, 0.25) is 5.89 Å². The Hall–Kier alpha value is -2.61. The van der Waals surface area contributed by atoms with Gasteiger partial charge in [0, 0.05) is 23.0 Å². The molecule has 0 spiro atoms. The van der Waals surface area contributed by atoms with E-state index >= 15 is 0 Å². The molecule has 5 heteroatoms. The molecule has 3 aromatic rings. The average molecular weight is 266 g/mol. The fourth-order valence-electron chi connectivity index (χ4n) is 2.12. The van der Waals surface area contributed by atoms with Gasteiger partial charge < -0.3 is 9.09 Å².